The van der Waals surface area contributed by atoms with Crippen molar-refractivity contribution in [1.29, 1.82) is 0 Å². The molecule has 4 atom stereocenters. The quantitative estimate of drug-likeness (QED) is 0.796. The van der Waals surface area contributed by atoms with Gasteiger partial charge in [0.25, 0.3) is 0 Å². The normalized spacial score (nSPS) is 24.7. The molecule has 25 heavy (non-hydrogen) atoms. The average molecular weight is 359 g/mol. The maximum atomic E-state index is 12.5. The molecule has 0 unspecified atom stereocenters. The molecule has 0 saturated heterocycles. The first-order chi connectivity index (χ1) is 12.0. The second-order valence-corrected chi connectivity index (χ2v) is 8.28. The summed E-state index contributed by atoms with van der Waals surface area (Å²) in [4.78, 5) is 17.0. The molecule has 134 valence electrons. The number of amides is 1. The van der Waals surface area contributed by atoms with E-state index >= 15 is 0 Å². The number of carbonyl (C=O) groups is 1. The van der Waals surface area contributed by atoms with Gasteiger partial charge >= 0.3 is 0 Å². The average Bonchev–Trinajstić information content (AvgIpc) is 3.08. The van der Waals surface area contributed by atoms with E-state index in [4.69, 9.17) is 0 Å². The summed E-state index contributed by atoms with van der Waals surface area (Å²) in [5.74, 6) is 2.00. The number of thioether (sulfide) groups is 1. The number of rotatable bonds is 5. The summed E-state index contributed by atoms with van der Waals surface area (Å²) in [7, 11) is 0. The van der Waals surface area contributed by atoms with Gasteiger partial charge in [0, 0.05) is 11.6 Å². The predicted octanol–water partition coefficient (Wildman–Crippen LogP) is 3.89. The third kappa shape index (κ3) is 4.42. The summed E-state index contributed by atoms with van der Waals surface area (Å²) in [5.41, 5.74) is 0.990. The van der Waals surface area contributed by atoms with Crippen molar-refractivity contribution in [3.05, 3.63) is 30.3 Å². The maximum Gasteiger partial charge on any atom is 0.233 e. The van der Waals surface area contributed by atoms with Crippen LogP contribution >= 0.6 is 11.8 Å². The molecule has 1 amide bonds. The van der Waals surface area contributed by atoms with Crippen molar-refractivity contribution >= 4 is 17.7 Å². The molecular weight excluding hydrogens is 332 g/mol. The SMILES string of the molecule is C[C@@H]1[C@H](C)CCC[C@@H]1NC(=O)[C@@H](C)Sc1n[nH]c(-c2ccccc2)n1. The minimum absolute atomic E-state index is 0.0713. The molecule has 5 nitrogen and oxygen atoms in total. The Kier molecular flexibility index (Phi) is 5.78. The van der Waals surface area contributed by atoms with Gasteiger partial charge in [0.2, 0.25) is 11.1 Å². The summed E-state index contributed by atoms with van der Waals surface area (Å²) < 4.78 is 0. The van der Waals surface area contributed by atoms with E-state index in [-0.39, 0.29) is 17.2 Å². The van der Waals surface area contributed by atoms with Gasteiger partial charge in [-0.05, 0) is 25.2 Å². The first-order valence-electron chi connectivity index (χ1n) is 8.99. The van der Waals surface area contributed by atoms with E-state index in [9.17, 15) is 4.79 Å². The third-order valence-corrected chi connectivity index (χ3v) is 6.16. The third-order valence-electron chi connectivity index (χ3n) is 5.20. The Hall–Kier alpha value is -1.82. The number of benzene rings is 1. The van der Waals surface area contributed by atoms with Crippen molar-refractivity contribution in [2.24, 2.45) is 11.8 Å². The number of nitrogens with zero attached hydrogens (tertiary/aromatic N) is 2. The van der Waals surface area contributed by atoms with Gasteiger partial charge in [0.05, 0.1) is 5.25 Å². The van der Waals surface area contributed by atoms with E-state index in [2.05, 4.69) is 34.3 Å². The molecule has 1 aliphatic carbocycles. The number of carbonyl (C=O) groups excluding carboxylic acids is 1. The monoisotopic (exact) mass is 358 g/mol. The molecule has 3 rings (SSSR count). The fourth-order valence-corrected chi connectivity index (χ4v) is 4.06. The summed E-state index contributed by atoms with van der Waals surface area (Å²) >= 11 is 1.39. The van der Waals surface area contributed by atoms with E-state index in [1.165, 1.54) is 24.6 Å². The lowest BCUT2D eigenvalue weighted by Crippen LogP contribution is -2.46. The molecule has 0 aliphatic heterocycles. The van der Waals surface area contributed by atoms with Crippen LogP contribution in [0.3, 0.4) is 0 Å². The minimum atomic E-state index is -0.219. The van der Waals surface area contributed by atoms with Crippen LogP contribution in [0.5, 0.6) is 0 Å². The second kappa shape index (κ2) is 8.04. The molecule has 2 aromatic rings. The van der Waals surface area contributed by atoms with Gasteiger partial charge < -0.3 is 5.32 Å². The Labute approximate surface area is 153 Å². The summed E-state index contributed by atoms with van der Waals surface area (Å²) in [6.07, 6.45) is 3.53. The molecular formula is C19H26N4OS. The van der Waals surface area contributed by atoms with E-state index in [1.807, 2.05) is 37.3 Å². The Morgan fingerprint density at radius 1 is 1.28 bits per heavy atom. The number of aromatic amines is 1. The van der Waals surface area contributed by atoms with Crippen LogP contribution in [0.2, 0.25) is 0 Å². The molecule has 6 heteroatoms. The van der Waals surface area contributed by atoms with Crippen LogP contribution in [-0.2, 0) is 4.79 Å². The topological polar surface area (TPSA) is 70.7 Å². The van der Waals surface area contributed by atoms with Crippen molar-refractivity contribution in [2.45, 2.75) is 56.5 Å². The highest BCUT2D eigenvalue weighted by Crippen LogP contribution is 2.30. The number of hydrogen-bond acceptors (Lipinski definition) is 4. The van der Waals surface area contributed by atoms with Crippen LogP contribution in [0.1, 0.15) is 40.0 Å². The van der Waals surface area contributed by atoms with Crippen LogP contribution in [-0.4, -0.2) is 32.4 Å². The Bertz CT molecular complexity index is 702. The highest BCUT2D eigenvalue weighted by Gasteiger charge is 2.29. The van der Waals surface area contributed by atoms with Crippen LogP contribution < -0.4 is 5.32 Å². The number of hydrogen-bond donors (Lipinski definition) is 2. The van der Waals surface area contributed by atoms with Crippen LogP contribution in [0, 0.1) is 11.8 Å². The van der Waals surface area contributed by atoms with Crippen LogP contribution in [0.15, 0.2) is 35.5 Å². The molecule has 0 bridgehead atoms. The van der Waals surface area contributed by atoms with Crippen LogP contribution in [0.25, 0.3) is 11.4 Å². The van der Waals surface area contributed by atoms with Gasteiger partial charge in [0.1, 0.15) is 0 Å². The van der Waals surface area contributed by atoms with E-state index < -0.39 is 0 Å². The maximum absolute atomic E-state index is 12.5. The lowest BCUT2D eigenvalue weighted by atomic mass is 9.78. The van der Waals surface area contributed by atoms with Gasteiger partial charge in [-0.15, -0.1) is 5.10 Å². The number of H-pyrrole nitrogens is 1. The summed E-state index contributed by atoms with van der Waals surface area (Å²) in [6, 6.07) is 10.1. The zero-order chi connectivity index (χ0) is 17.8. The minimum Gasteiger partial charge on any atom is -0.352 e. The largest absolute Gasteiger partial charge is 0.352 e. The van der Waals surface area contributed by atoms with Crippen molar-refractivity contribution in [3.8, 4) is 11.4 Å². The molecule has 1 aromatic heterocycles. The lowest BCUT2D eigenvalue weighted by molar-refractivity contribution is -0.121. The Morgan fingerprint density at radius 3 is 2.80 bits per heavy atom. The predicted molar refractivity (Wildman–Crippen MR) is 101 cm³/mol. The highest BCUT2D eigenvalue weighted by atomic mass is 32.2. The molecule has 0 spiro atoms. The van der Waals surface area contributed by atoms with Gasteiger partial charge in [-0.3, -0.25) is 9.89 Å². The van der Waals surface area contributed by atoms with Crippen molar-refractivity contribution in [2.75, 3.05) is 0 Å². The number of aromatic nitrogens is 3. The van der Waals surface area contributed by atoms with Crippen molar-refractivity contribution < 1.29 is 4.79 Å². The van der Waals surface area contributed by atoms with Crippen molar-refractivity contribution in [1.82, 2.24) is 20.5 Å². The van der Waals surface area contributed by atoms with Gasteiger partial charge in [-0.1, -0.05) is 68.8 Å². The smallest absolute Gasteiger partial charge is 0.233 e. The Balaban J connectivity index is 1.57. The zero-order valence-electron chi connectivity index (χ0n) is 15.0. The lowest BCUT2D eigenvalue weighted by Gasteiger charge is -2.35. The summed E-state index contributed by atoms with van der Waals surface area (Å²) in [6.45, 7) is 6.43. The fourth-order valence-electron chi connectivity index (χ4n) is 3.32. The number of nitrogens with one attached hydrogen (secondary N) is 2. The summed E-state index contributed by atoms with van der Waals surface area (Å²) in [5, 5.41) is 10.8. The fraction of sp³-hybridized carbons (Fsp3) is 0.526. The van der Waals surface area contributed by atoms with Crippen LogP contribution in [0.4, 0.5) is 0 Å². The van der Waals surface area contributed by atoms with E-state index in [1.54, 1.807) is 0 Å². The molecule has 2 N–H and O–H groups in total. The van der Waals surface area contributed by atoms with Crippen molar-refractivity contribution in [3.63, 3.8) is 0 Å². The zero-order valence-corrected chi connectivity index (χ0v) is 15.8. The molecule has 1 saturated carbocycles. The molecule has 1 aliphatic rings. The molecule has 0 radical (unpaired) electrons. The Morgan fingerprint density at radius 2 is 2.04 bits per heavy atom. The van der Waals surface area contributed by atoms with Gasteiger partial charge in [0.15, 0.2) is 5.82 Å². The first kappa shape index (κ1) is 18.0. The van der Waals surface area contributed by atoms with E-state index in [0.717, 1.165) is 17.8 Å². The van der Waals surface area contributed by atoms with Gasteiger partial charge in [-0.25, -0.2) is 4.98 Å². The van der Waals surface area contributed by atoms with Gasteiger partial charge in [-0.2, -0.15) is 0 Å². The molecule has 1 fully saturated rings. The van der Waals surface area contributed by atoms with E-state index in [0.29, 0.717) is 17.0 Å². The molecule has 1 aromatic carbocycles. The highest BCUT2D eigenvalue weighted by molar-refractivity contribution is 8.00. The molecule has 1 heterocycles. The standard InChI is InChI=1S/C19H26N4OS/c1-12-8-7-11-16(13(12)2)20-18(24)14(3)25-19-21-17(22-23-19)15-9-5-4-6-10-15/h4-6,9-10,12-14,16H,7-8,11H2,1-3H3,(H,20,24)(H,21,22,23)/t12-,13-,14-,16+/m1/s1. The second-order valence-electron chi connectivity index (χ2n) is 6.98. The first-order valence-corrected chi connectivity index (χ1v) is 9.87.